The molecule has 1 saturated carbocycles. The van der Waals surface area contributed by atoms with Crippen molar-refractivity contribution in [1.82, 2.24) is 39.0 Å². The SMILES string of the molecule is CNc1ccn(-c2ccnc3c2cc(CN2CCC(c4c(F)cc(C(=O)N5CCC(CN6CCN(Cc7cc8c(cc7F)N(C7CCC(=O)NC7=O)C(=O)C87CC7)CC6)CC5)cc4F)CC2)n3C)c(=O)c1. The van der Waals surface area contributed by atoms with Crippen molar-refractivity contribution in [3.8, 4) is 5.69 Å². The maximum absolute atomic E-state index is 15.9. The van der Waals surface area contributed by atoms with Crippen molar-refractivity contribution < 1.29 is 32.3 Å². The first-order valence-electron chi connectivity index (χ1n) is 25.1. The first-order valence-corrected chi connectivity index (χ1v) is 25.1. The third-order valence-corrected chi connectivity index (χ3v) is 16.3. The summed E-state index contributed by atoms with van der Waals surface area (Å²) in [5, 5.41) is 6.18. The number of aryl methyl sites for hydroxylation is 1. The van der Waals surface area contributed by atoms with E-state index < -0.39 is 34.8 Å². The number of piperidine rings is 3. The van der Waals surface area contributed by atoms with Crippen LogP contribution in [-0.4, -0.2) is 129 Å². The molecule has 5 fully saturated rings. The predicted molar refractivity (Wildman–Crippen MR) is 261 cm³/mol. The van der Waals surface area contributed by atoms with Crippen LogP contribution >= 0.6 is 0 Å². The first-order chi connectivity index (χ1) is 34.3. The number of hydrogen-bond acceptors (Lipinski definition) is 10. The van der Waals surface area contributed by atoms with Gasteiger partial charge in [0.1, 0.15) is 29.1 Å². The van der Waals surface area contributed by atoms with Crippen LogP contribution in [0.2, 0.25) is 0 Å². The second kappa shape index (κ2) is 18.7. The van der Waals surface area contributed by atoms with Crippen LogP contribution in [-0.2, 0) is 39.9 Å². The Balaban J connectivity index is 0.649. The van der Waals surface area contributed by atoms with Gasteiger partial charge in [-0.05, 0) is 118 Å². The standard InChI is InChI=1S/C53H59F3N10O5/c1-57-36-10-18-65(47(68)26-36)43-5-13-58-49-38(43)27-37(60(49)2)31-61-14-8-33(9-15-61)48-41(55)24-34(25-42(48)56)51(70)64-16-6-32(7-17-64)29-62-19-21-63(22-20-62)30-35-23-39-45(28-40(35)54)66(52(71)53(39)11-12-53)44-3-4-46(67)59-50(44)69/h5,10,13,18,23-28,32-33,44,57H,3-4,6-9,11-12,14-17,19-22,29-31H2,1-2H3,(H,59,67,69). The molecule has 0 bridgehead atoms. The summed E-state index contributed by atoms with van der Waals surface area (Å²) in [6.07, 6.45) is 7.81. The molecule has 6 aliphatic rings. The van der Waals surface area contributed by atoms with E-state index in [4.69, 9.17) is 0 Å². The number of halogens is 3. The lowest BCUT2D eigenvalue weighted by Gasteiger charge is -2.39. The summed E-state index contributed by atoms with van der Waals surface area (Å²) in [4.78, 5) is 79.4. The lowest BCUT2D eigenvalue weighted by atomic mass is 9.87. The van der Waals surface area contributed by atoms with Crippen molar-refractivity contribution in [2.75, 3.05) is 76.2 Å². The molecule has 2 N–H and O–H groups in total. The van der Waals surface area contributed by atoms with Gasteiger partial charge in [-0.2, -0.15) is 0 Å². The molecule has 15 nitrogen and oxygen atoms in total. The molecule has 18 heteroatoms. The van der Waals surface area contributed by atoms with Crippen LogP contribution in [0.1, 0.15) is 90.0 Å². The number of benzene rings is 2. The summed E-state index contributed by atoms with van der Waals surface area (Å²) in [6.45, 7) is 7.28. The summed E-state index contributed by atoms with van der Waals surface area (Å²) < 4.78 is 51.1. The van der Waals surface area contributed by atoms with Crippen molar-refractivity contribution in [2.24, 2.45) is 13.0 Å². The number of fused-ring (bicyclic) bond motifs is 3. The number of pyridine rings is 2. The Bertz CT molecular complexity index is 3000. The number of imide groups is 1. The Morgan fingerprint density at radius 3 is 2.17 bits per heavy atom. The quantitative estimate of drug-likeness (QED) is 0.165. The maximum atomic E-state index is 15.9. The lowest BCUT2D eigenvalue weighted by molar-refractivity contribution is -0.135. The van der Waals surface area contributed by atoms with Crippen LogP contribution in [0.4, 0.5) is 24.5 Å². The van der Waals surface area contributed by atoms with Gasteiger partial charge in [0.25, 0.3) is 11.5 Å². The second-order valence-electron chi connectivity index (χ2n) is 20.5. The zero-order chi connectivity index (χ0) is 49.3. The monoisotopic (exact) mass is 972 g/mol. The summed E-state index contributed by atoms with van der Waals surface area (Å²) >= 11 is 0. The minimum atomic E-state index is -0.826. The molecular formula is C53H59F3N10O5. The Morgan fingerprint density at radius 2 is 1.49 bits per heavy atom. The molecule has 4 saturated heterocycles. The van der Waals surface area contributed by atoms with Gasteiger partial charge < -0.3 is 19.7 Å². The highest BCUT2D eigenvalue weighted by atomic mass is 19.1. The molecule has 8 heterocycles. The number of anilines is 2. The molecule has 4 amide bonds. The van der Waals surface area contributed by atoms with E-state index in [1.54, 1.807) is 35.0 Å². The number of amides is 4. The van der Waals surface area contributed by atoms with Gasteiger partial charge in [0.05, 0.1) is 16.8 Å². The van der Waals surface area contributed by atoms with Gasteiger partial charge in [-0.3, -0.25) is 48.6 Å². The number of hydrogen-bond donors (Lipinski definition) is 2. The first kappa shape index (κ1) is 47.0. The number of piperazine rings is 1. The van der Waals surface area contributed by atoms with E-state index in [2.05, 4.69) is 36.4 Å². The number of aromatic nitrogens is 3. The summed E-state index contributed by atoms with van der Waals surface area (Å²) in [5.74, 6) is -3.14. The van der Waals surface area contributed by atoms with E-state index in [-0.39, 0.29) is 53.2 Å². The van der Waals surface area contributed by atoms with Gasteiger partial charge in [0.15, 0.2) is 0 Å². The van der Waals surface area contributed by atoms with Crippen molar-refractivity contribution >= 4 is 46.0 Å². The van der Waals surface area contributed by atoms with E-state index in [0.29, 0.717) is 82.1 Å². The normalized spacial score (nSPS) is 21.4. The molecule has 1 aliphatic carbocycles. The molecule has 11 rings (SSSR count). The third kappa shape index (κ3) is 8.70. The molecule has 1 atom stereocenters. The fourth-order valence-corrected chi connectivity index (χ4v) is 12.0. The van der Waals surface area contributed by atoms with E-state index in [9.17, 15) is 24.0 Å². The molecule has 1 unspecified atom stereocenters. The highest BCUT2D eigenvalue weighted by molar-refractivity contribution is 6.15. The molecule has 5 aliphatic heterocycles. The highest BCUT2D eigenvalue weighted by Gasteiger charge is 2.61. The highest BCUT2D eigenvalue weighted by Crippen LogP contribution is 2.58. The van der Waals surface area contributed by atoms with Gasteiger partial charge in [-0.1, -0.05) is 0 Å². The molecule has 0 radical (unpaired) electrons. The van der Waals surface area contributed by atoms with Crippen LogP contribution in [0.3, 0.4) is 0 Å². The number of likely N-dealkylation sites (tertiary alicyclic amines) is 2. The number of nitrogens with zero attached hydrogens (tertiary/aromatic N) is 8. The fraction of sp³-hybridized carbons (Fsp3) is 0.472. The molecule has 2 aromatic carbocycles. The summed E-state index contributed by atoms with van der Waals surface area (Å²) in [5.41, 5.74) is 4.21. The number of carbonyl (C=O) groups excluding carboxylic acids is 4. The minimum absolute atomic E-state index is 0.0325. The largest absolute Gasteiger partial charge is 0.388 e. The number of rotatable bonds is 11. The maximum Gasteiger partial charge on any atom is 0.257 e. The minimum Gasteiger partial charge on any atom is -0.388 e. The Hall–Kier alpha value is -6.37. The third-order valence-electron chi connectivity index (χ3n) is 16.3. The number of carbonyl (C=O) groups is 4. The van der Waals surface area contributed by atoms with Gasteiger partial charge in [-0.25, -0.2) is 18.2 Å². The van der Waals surface area contributed by atoms with Crippen molar-refractivity contribution in [1.29, 1.82) is 0 Å². The molecule has 1 spiro atoms. The number of nitrogens with one attached hydrogen (secondary N) is 2. The molecule has 5 aromatic rings. The molecule has 3 aromatic heterocycles. The second-order valence-corrected chi connectivity index (χ2v) is 20.5. The van der Waals surface area contributed by atoms with Crippen LogP contribution in [0.25, 0.3) is 16.7 Å². The lowest BCUT2D eigenvalue weighted by Crippen LogP contribution is -2.54. The summed E-state index contributed by atoms with van der Waals surface area (Å²) in [7, 11) is 3.72. The van der Waals surface area contributed by atoms with Crippen molar-refractivity contribution in [3.05, 3.63) is 117 Å². The van der Waals surface area contributed by atoms with Gasteiger partial charge >= 0.3 is 0 Å². The van der Waals surface area contributed by atoms with E-state index in [1.165, 1.54) is 23.1 Å². The van der Waals surface area contributed by atoms with Crippen LogP contribution in [0.15, 0.2) is 65.7 Å². The molecule has 372 valence electrons. The van der Waals surface area contributed by atoms with E-state index in [1.807, 2.05) is 29.8 Å². The predicted octanol–water partition coefficient (Wildman–Crippen LogP) is 5.42. The summed E-state index contributed by atoms with van der Waals surface area (Å²) in [6, 6.07) is 12.1. The zero-order valence-electron chi connectivity index (χ0n) is 40.2. The van der Waals surface area contributed by atoms with Crippen LogP contribution < -0.4 is 21.1 Å². The van der Waals surface area contributed by atoms with E-state index >= 15 is 13.2 Å². The Kier molecular flexibility index (Phi) is 12.4. The zero-order valence-corrected chi connectivity index (χ0v) is 40.2. The van der Waals surface area contributed by atoms with Crippen LogP contribution in [0, 0.1) is 23.4 Å². The Morgan fingerprint density at radius 1 is 0.789 bits per heavy atom. The average Bonchev–Trinajstić information content (AvgIpc) is 4.07. The molecular weight excluding hydrogens is 914 g/mol. The van der Waals surface area contributed by atoms with Gasteiger partial charge in [0, 0.05) is 131 Å². The Labute approximate surface area is 409 Å². The van der Waals surface area contributed by atoms with Crippen LogP contribution in [0.5, 0.6) is 0 Å². The van der Waals surface area contributed by atoms with Crippen molar-refractivity contribution in [3.63, 3.8) is 0 Å². The average molecular weight is 973 g/mol. The van der Waals surface area contributed by atoms with Crippen molar-refractivity contribution in [2.45, 2.75) is 81.8 Å². The fourth-order valence-electron chi connectivity index (χ4n) is 12.0. The topological polar surface area (TPSA) is 148 Å². The van der Waals surface area contributed by atoms with E-state index in [0.717, 1.165) is 79.2 Å². The van der Waals surface area contributed by atoms with Gasteiger partial charge in [0.2, 0.25) is 17.7 Å². The van der Waals surface area contributed by atoms with Gasteiger partial charge in [-0.15, -0.1) is 0 Å². The smallest absolute Gasteiger partial charge is 0.257 e. The molecule has 71 heavy (non-hydrogen) atoms.